The Kier molecular flexibility index (Phi) is 7.20. The predicted molar refractivity (Wildman–Crippen MR) is 165 cm³/mol. The van der Waals surface area contributed by atoms with Crippen LogP contribution in [0.2, 0.25) is 17.3 Å². The van der Waals surface area contributed by atoms with E-state index in [9.17, 15) is 13.2 Å². The molecular formula is C35H34F3GeN. The van der Waals surface area contributed by atoms with E-state index in [4.69, 9.17) is 0 Å². The van der Waals surface area contributed by atoms with Crippen molar-refractivity contribution >= 4 is 28.4 Å². The molecule has 5 aromatic rings. The Morgan fingerprint density at radius 2 is 1.20 bits per heavy atom. The van der Waals surface area contributed by atoms with Crippen LogP contribution in [-0.2, 0) is 11.6 Å². The summed E-state index contributed by atoms with van der Waals surface area (Å²) in [6.45, 7) is 6.43. The second-order valence-corrected chi connectivity index (χ2v) is 23.2. The minimum atomic E-state index is -4.52. The zero-order chi connectivity index (χ0) is 28.9. The summed E-state index contributed by atoms with van der Waals surface area (Å²) in [7, 11) is 0. The van der Waals surface area contributed by atoms with Crippen molar-refractivity contribution in [1.29, 1.82) is 0 Å². The molecule has 0 aliphatic rings. The van der Waals surface area contributed by atoms with Crippen LogP contribution in [0.3, 0.4) is 0 Å². The molecule has 0 bridgehead atoms. The molecule has 1 aromatic heterocycles. The molecule has 1 heterocycles. The number of aromatic nitrogens is 1. The van der Waals surface area contributed by atoms with Gasteiger partial charge in [0.05, 0.1) is 0 Å². The fourth-order valence-electron chi connectivity index (χ4n) is 5.16. The third-order valence-electron chi connectivity index (χ3n) is 7.46. The minimum Gasteiger partial charge on any atom is -0.0616 e. The number of fused-ring (bicyclic) bond motifs is 1. The van der Waals surface area contributed by atoms with E-state index in [-0.39, 0.29) is 11.0 Å². The van der Waals surface area contributed by atoms with Gasteiger partial charge in [0.2, 0.25) is 0 Å². The second kappa shape index (κ2) is 10.2. The molecule has 5 rings (SSSR count). The van der Waals surface area contributed by atoms with Gasteiger partial charge in [0, 0.05) is 0 Å². The molecule has 0 N–H and O–H groups in total. The molecule has 0 saturated carbocycles. The van der Waals surface area contributed by atoms with Gasteiger partial charge in [0.15, 0.2) is 0 Å². The summed E-state index contributed by atoms with van der Waals surface area (Å²) in [5.74, 6) is 7.06. The average molecular weight is 598 g/mol. The number of hydrogen-bond donors (Lipinski definition) is 0. The standard InChI is InChI=1S/C35H34F3GeN/c1-34(2,3)31-20-27(19-26-9-7-8-10-29(26)31)33-21-30(32(22-40-33)35(36,37)38)25-13-11-23(12-14-25)24-15-17-28(18-16-24)39(4,5)6/h7-22H,1-6H3. The SMILES string of the molecule is CC(C)(C)c1cc(-c2cc(-c3ccc(-c4cc[c]([Ge]([CH3])([CH3])[CH3])cc4)cc3)c(C(F)(F)F)cn2)cc2ccccc12. The number of alkyl halides is 3. The van der Waals surface area contributed by atoms with Crippen LogP contribution in [0.25, 0.3) is 44.3 Å². The molecule has 0 saturated heterocycles. The van der Waals surface area contributed by atoms with Crippen molar-refractivity contribution in [2.45, 2.75) is 49.6 Å². The summed E-state index contributed by atoms with van der Waals surface area (Å²) in [6, 6.07) is 29.7. The molecule has 0 aliphatic carbocycles. The van der Waals surface area contributed by atoms with Crippen LogP contribution in [0.15, 0.2) is 97.2 Å². The number of benzene rings is 4. The van der Waals surface area contributed by atoms with Crippen LogP contribution in [-0.4, -0.2) is 18.3 Å². The van der Waals surface area contributed by atoms with Crippen molar-refractivity contribution in [2.75, 3.05) is 0 Å². The molecule has 0 amide bonds. The van der Waals surface area contributed by atoms with E-state index in [2.05, 4.69) is 79.4 Å². The van der Waals surface area contributed by atoms with Gasteiger partial charge < -0.3 is 0 Å². The van der Waals surface area contributed by atoms with Crippen LogP contribution in [0.1, 0.15) is 31.9 Å². The van der Waals surface area contributed by atoms with Crippen molar-refractivity contribution in [1.82, 2.24) is 4.98 Å². The van der Waals surface area contributed by atoms with E-state index in [1.54, 1.807) is 18.2 Å². The second-order valence-electron chi connectivity index (χ2n) is 12.5. The quantitative estimate of drug-likeness (QED) is 0.188. The third-order valence-corrected chi connectivity index (χ3v) is 11.8. The normalized spacial score (nSPS) is 12.6. The van der Waals surface area contributed by atoms with Crippen molar-refractivity contribution in [2.24, 2.45) is 0 Å². The van der Waals surface area contributed by atoms with E-state index in [1.165, 1.54) is 4.40 Å². The Morgan fingerprint density at radius 1 is 0.625 bits per heavy atom. The Morgan fingerprint density at radius 3 is 1.77 bits per heavy atom. The molecule has 0 spiro atoms. The number of hydrogen-bond acceptors (Lipinski definition) is 1. The first-order chi connectivity index (χ1) is 18.7. The van der Waals surface area contributed by atoms with E-state index < -0.39 is 25.0 Å². The van der Waals surface area contributed by atoms with Gasteiger partial charge in [0.1, 0.15) is 0 Å². The van der Waals surface area contributed by atoms with Crippen LogP contribution >= 0.6 is 0 Å². The first-order valence-corrected chi connectivity index (χ1v) is 20.9. The molecule has 1 nitrogen and oxygen atoms in total. The van der Waals surface area contributed by atoms with Crippen LogP contribution in [0, 0.1) is 0 Å². The van der Waals surface area contributed by atoms with Gasteiger partial charge in [-0.3, -0.25) is 0 Å². The van der Waals surface area contributed by atoms with Gasteiger partial charge in [-0.15, -0.1) is 0 Å². The molecule has 4 aromatic carbocycles. The summed E-state index contributed by atoms with van der Waals surface area (Å²) in [5.41, 5.74) is 4.25. The van der Waals surface area contributed by atoms with E-state index in [1.807, 2.05) is 36.4 Å². The Balaban J connectivity index is 1.60. The van der Waals surface area contributed by atoms with Gasteiger partial charge in [-0.2, -0.15) is 0 Å². The molecule has 0 unspecified atom stereocenters. The number of halogens is 3. The zero-order valence-corrected chi connectivity index (χ0v) is 25.9. The monoisotopic (exact) mass is 599 g/mol. The maximum atomic E-state index is 14.1. The molecular weight excluding hydrogens is 564 g/mol. The van der Waals surface area contributed by atoms with Crippen LogP contribution in [0.4, 0.5) is 13.2 Å². The van der Waals surface area contributed by atoms with Crippen molar-refractivity contribution in [3.8, 4) is 33.5 Å². The molecule has 0 radical (unpaired) electrons. The summed E-state index contributed by atoms with van der Waals surface area (Å²) < 4.78 is 43.8. The van der Waals surface area contributed by atoms with Crippen LogP contribution in [0.5, 0.6) is 0 Å². The minimum absolute atomic E-state index is 0.130. The van der Waals surface area contributed by atoms with E-state index in [0.29, 0.717) is 11.3 Å². The molecule has 0 aliphatic heterocycles. The molecule has 5 heteroatoms. The Hall–Kier alpha value is -3.38. The van der Waals surface area contributed by atoms with Crippen molar-refractivity contribution < 1.29 is 13.2 Å². The maximum absolute atomic E-state index is 14.1. The summed E-state index contributed by atoms with van der Waals surface area (Å²) in [5, 5.41) is 2.18. The number of rotatable bonds is 4. The topological polar surface area (TPSA) is 12.9 Å². The first kappa shape index (κ1) is 28.2. The third kappa shape index (κ3) is 5.73. The molecule has 0 fully saturated rings. The smallest absolute Gasteiger partial charge is 0.0616 e. The fraction of sp³-hybridized carbons (Fsp3) is 0.229. The van der Waals surface area contributed by atoms with Crippen LogP contribution < -0.4 is 4.40 Å². The Labute approximate surface area is 237 Å². The molecule has 204 valence electrons. The first-order valence-electron chi connectivity index (χ1n) is 13.5. The van der Waals surface area contributed by atoms with Crippen molar-refractivity contribution in [3.05, 3.63) is 108 Å². The zero-order valence-electron chi connectivity index (χ0n) is 23.8. The number of nitrogens with zero attached hydrogens (tertiary/aromatic N) is 1. The van der Waals surface area contributed by atoms with Gasteiger partial charge >= 0.3 is 159 Å². The van der Waals surface area contributed by atoms with Gasteiger partial charge in [0.25, 0.3) is 0 Å². The van der Waals surface area contributed by atoms with E-state index in [0.717, 1.165) is 39.2 Å². The fourth-order valence-corrected chi connectivity index (χ4v) is 7.61. The summed E-state index contributed by atoms with van der Waals surface area (Å²) >= 11 is -1.92. The summed E-state index contributed by atoms with van der Waals surface area (Å²) in [6.07, 6.45) is -3.55. The number of pyridine rings is 1. The van der Waals surface area contributed by atoms with Gasteiger partial charge in [-0.25, -0.2) is 0 Å². The van der Waals surface area contributed by atoms with E-state index >= 15 is 0 Å². The van der Waals surface area contributed by atoms with Gasteiger partial charge in [-0.1, -0.05) is 45.0 Å². The molecule has 40 heavy (non-hydrogen) atoms. The predicted octanol–water partition coefficient (Wildman–Crippen LogP) is 10.1. The summed E-state index contributed by atoms with van der Waals surface area (Å²) in [4.78, 5) is 4.31. The molecule has 0 atom stereocenters. The average Bonchev–Trinajstić information content (AvgIpc) is 2.91. The van der Waals surface area contributed by atoms with Gasteiger partial charge in [-0.05, 0) is 33.9 Å². The Bertz CT molecular complexity index is 1670. The van der Waals surface area contributed by atoms with Crippen molar-refractivity contribution in [3.63, 3.8) is 0 Å².